The van der Waals surface area contributed by atoms with E-state index in [0.717, 1.165) is 17.9 Å². The fraction of sp³-hybridized carbons (Fsp3) is 1.00. The van der Waals surface area contributed by atoms with Crippen molar-refractivity contribution in [1.82, 2.24) is 10.2 Å². The Hall–Kier alpha value is -0.0800. The fourth-order valence-corrected chi connectivity index (χ4v) is 4.47. The molecule has 98 valence electrons. The highest BCUT2D eigenvalue weighted by molar-refractivity contribution is 4.96. The van der Waals surface area contributed by atoms with Gasteiger partial charge in [-0.1, -0.05) is 6.42 Å². The smallest absolute Gasteiger partial charge is 0.0126 e. The Kier molecular flexibility index (Phi) is 3.45. The largest absolute Gasteiger partial charge is 0.312 e. The van der Waals surface area contributed by atoms with Crippen molar-refractivity contribution in [1.29, 1.82) is 0 Å². The molecule has 0 spiro atoms. The average Bonchev–Trinajstić information content (AvgIpc) is 2.88. The van der Waals surface area contributed by atoms with Gasteiger partial charge in [0.15, 0.2) is 0 Å². The molecular weight excluding hydrogens is 208 g/mol. The molecule has 3 rings (SSSR count). The monoisotopic (exact) mass is 236 g/mol. The zero-order chi connectivity index (χ0) is 11.8. The molecule has 2 nitrogen and oxygen atoms in total. The molecule has 17 heavy (non-hydrogen) atoms. The van der Waals surface area contributed by atoms with Crippen molar-refractivity contribution < 1.29 is 0 Å². The summed E-state index contributed by atoms with van der Waals surface area (Å²) in [5.74, 6) is 2.14. The lowest BCUT2D eigenvalue weighted by Crippen LogP contribution is -2.47. The predicted molar refractivity (Wildman–Crippen MR) is 72.1 cm³/mol. The summed E-state index contributed by atoms with van der Waals surface area (Å²) in [6.45, 7) is 7.35. The Morgan fingerprint density at radius 3 is 2.12 bits per heavy atom. The highest BCUT2D eigenvalue weighted by Crippen LogP contribution is 2.46. The summed E-state index contributed by atoms with van der Waals surface area (Å²) in [6, 6.07) is 2.35. The number of hydrogen-bond donors (Lipinski definition) is 1. The molecule has 2 heteroatoms. The highest BCUT2D eigenvalue weighted by Gasteiger charge is 2.42. The first kappa shape index (κ1) is 12.0. The molecular formula is C15H28N2. The minimum Gasteiger partial charge on any atom is -0.312 e. The predicted octanol–water partition coefficient (Wildman–Crippen LogP) is 2.64. The molecule has 0 aromatic heterocycles. The first-order valence-electron chi connectivity index (χ1n) is 7.72. The molecule has 5 atom stereocenters. The van der Waals surface area contributed by atoms with Crippen LogP contribution in [0.4, 0.5) is 0 Å². The number of fused-ring (bicyclic) bond motifs is 2. The standard InChI is InChI=1S/C15H28N2/c1-11-5-7-17(8-6-12(2)16-11)15-10-13-3-4-14(15)9-13/h11-16H,3-10H2,1-2H3. The van der Waals surface area contributed by atoms with Crippen LogP contribution >= 0.6 is 0 Å². The van der Waals surface area contributed by atoms with E-state index in [1.807, 2.05) is 0 Å². The van der Waals surface area contributed by atoms with E-state index < -0.39 is 0 Å². The topological polar surface area (TPSA) is 15.3 Å². The summed E-state index contributed by atoms with van der Waals surface area (Å²) in [5.41, 5.74) is 0. The Morgan fingerprint density at radius 2 is 1.59 bits per heavy atom. The van der Waals surface area contributed by atoms with E-state index in [-0.39, 0.29) is 0 Å². The maximum atomic E-state index is 3.70. The molecule has 2 saturated carbocycles. The average molecular weight is 236 g/mol. The minimum atomic E-state index is 0.700. The summed E-state index contributed by atoms with van der Waals surface area (Å²) < 4.78 is 0. The van der Waals surface area contributed by atoms with Gasteiger partial charge in [-0.15, -0.1) is 0 Å². The van der Waals surface area contributed by atoms with Gasteiger partial charge in [0.05, 0.1) is 0 Å². The molecule has 2 aliphatic carbocycles. The Balaban J connectivity index is 1.62. The summed E-state index contributed by atoms with van der Waals surface area (Å²) in [7, 11) is 0. The van der Waals surface area contributed by atoms with Crippen molar-refractivity contribution >= 4 is 0 Å². The summed E-state index contributed by atoms with van der Waals surface area (Å²) in [5, 5.41) is 3.70. The fourth-order valence-electron chi connectivity index (χ4n) is 4.47. The number of nitrogens with one attached hydrogen (secondary N) is 1. The molecule has 1 aliphatic heterocycles. The lowest BCUT2D eigenvalue weighted by molar-refractivity contribution is 0.120. The van der Waals surface area contributed by atoms with Crippen LogP contribution in [-0.2, 0) is 0 Å². The van der Waals surface area contributed by atoms with Gasteiger partial charge in [0.2, 0.25) is 0 Å². The molecule has 5 unspecified atom stereocenters. The second-order valence-electron chi connectivity index (χ2n) is 6.82. The molecule has 0 amide bonds. The molecule has 0 aromatic carbocycles. The zero-order valence-corrected chi connectivity index (χ0v) is 11.5. The maximum absolute atomic E-state index is 3.70. The van der Waals surface area contributed by atoms with E-state index in [0.29, 0.717) is 12.1 Å². The van der Waals surface area contributed by atoms with Crippen molar-refractivity contribution in [3.8, 4) is 0 Å². The van der Waals surface area contributed by atoms with Crippen LogP contribution in [0.15, 0.2) is 0 Å². The Morgan fingerprint density at radius 1 is 0.882 bits per heavy atom. The lowest BCUT2D eigenvalue weighted by Gasteiger charge is -2.38. The van der Waals surface area contributed by atoms with E-state index in [2.05, 4.69) is 24.1 Å². The van der Waals surface area contributed by atoms with Gasteiger partial charge in [-0.25, -0.2) is 0 Å². The van der Waals surface area contributed by atoms with E-state index >= 15 is 0 Å². The molecule has 1 saturated heterocycles. The normalized spacial score (nSPS) is 48.0. The summed E-state index contributed by atoms with van der Waals surface area (Å²) >= 11 is 0. The van der Waals surface area contributed by atoms with Gasteiger partial charge in [0.1, 0.15) is 0 Å². The molecule has 2 bridgehead atoms. The molecule has 3 fully saturated rings. The van der Waals surface area contributed by atoms with E-state index in [4.69, 9.17) is 0 Å². The van der Waals surface area contributed by atoms with E-state index in [1.54, 1.807) is 6.42 Å². The van der Waals surface area contributed by atoms with Crippen LogP contribution in [-0.4, -0.2) is 36.1 Å². The van der Waals surface area contributed by atoms with Crippen molar-refractivity contribution in [2.75, 3.05) is 13.1 Å². The van der Waals surface area contributed by atoms with Crippen LogP contribution in [0.1, 0.15) is 52.4 Å². The van der Waals surface area contributed by atoms with Gasteiger partial charge in [-0.3, -0.25) is 4.90 Å². The zero-order valence-electron chi connectivity index (χ0n) is 11.5. The van der Waals surface area contributed by atoms with E-state index in [9.17, 15) is 0 Å². The SMILES string of the molecule is CC1CCN(C2CC3CCC2C3)CCC(C)N1. The third-order valence-electron chi connectivity index (χ3n) is 5.44. The third-order valence-corrected chi connectivity index (χ3v) is 5.44. The second kappa shape index (κ2) is 4.89. The number of hydrogen-bond acceptors (Lipinski definition) is 2. The van der Waals surface area contributed by atoms with Crippen LogP contribution in [0.25, 0.3) is 0 Å². The van der Waals surface area contributed by atoms with Gasteiger partial charge in [-0.05, 0) is 70.9 Å². The van der Waals surface area contributed by atoms with Gasteiger partial charge in [0, 0.05) is 18.1 Å². The van der Waals surface area contributed by atoms with Crippen molar-refractivity contribution in [2.45, 2.75) is 70.5 Å². The first-order chi connectivity index (χ1) is 8.22. The lowest BCUT2D eigenvalue weighted by atomic mass is 9.93. The van der Waals surface area contributed by atoms with Crippen LogP contribution in [0, 0.1) is 11.8 Å². The second-order valence-corrected chi connectivity index (χ2v) is 6.82. The molecule has 1 heterocycles. The van der Waals surface area contributed by atoms with Gasteiger partial charge >= 0.3 is 0 Å². The number of rotatable bonds is 1. The van der Waals surface area contributed by atoms with Crippen LogP contribution in [0.5, 0.6) is 0 Å². The minimum absolute atomic E-state index is 0.700. The van der Waals surface area contributed by atoms with Crippen molar-refractivity contribution in [3.63, 3.8) is 0 Å². The third kappa shape index (κ3) is 2.53. The molecule has 0 radical (unpaired) electrons. The van der Waals surface area contributed by atoms with Gasteiger partial charge in [-0.2, -0.15) is 0 Å². The van der Waals surface area contributed by atoms with Crippen LogP contribution in [0.2, 0.25) is 0 Å². The quantitative estimate of drug-likeness (QED) is 0.753. The molecule has 3 aliphatic rings. The van der Waals surface area contributed by atoms with Gasteiger partial charge in [0.25, 0.3) is 0 Å². The maximum Gasteiger partial charge on any atom is 0.0126 e. The molecule has 0 aromatic rings. The van der Waals surface area contributed by atoms with Crippen molar-refractivity contribution in [2.24, 2.45) is 11.8 Å². The highest BCUT2D eigenvalue weighted by atomic mass is 15.2. The summed E-state index contributed by atoms with van der Waals surface area (Å²) in [6.07, 6.45) is 8.78. The molecule has 1 N–H and O–H groups in total. The Labute approximate surface area is 106 Å². The van der Waals surface area contributed by atoms with Gasteiger partial charge < -0.3 is 5.32 Å². The first-order valence-corrected chi connectivity index (χ1v) is 7.72. The van der Waals surface area contributed by atoms with Crippen molar-refractivity contribution in [3.05, 3.63) is 0 Å². The summed E-state index contributed by atoms with van der Waals surface area (Å²) in [4.78, 5) is 2.84. The van der Waals surface area contributed by atoms with Crippen LogP contribution < -0.4 is 5.32 Å². The number of nitrogens with zero attached hydrogens (tertiary/aromatic N) is 1. The Bertz CT molecular complexity index is 254. The van der Waals surface area contributed by atoms with Crippen LogP contribution in [0.3, 0.4) is 0 Å². The van der Waals surface area contributed by atoms with E-state index in [1.165, 1.54) is 45.2 Å².